The summed E-state index contributed by atoms with van der Waals surface area (Å²) in [7, 11) is 0. The summed E-state index contributed by atoms with van der Waals surface area (Å²) >= 11 is 0. The first kappa shape index (κ1) is 13.3. The molecule has 0 spiro atoms. The van der Waals surface area contributed by atoms with E-state index in [1.54, 1.807) is 0 Å². The maximum atomic E-state index is 6.16. The van der Waals surface area contributed by atoms with Gasteiger partial charge in [-0.25, -0.2) is 0 Å². The topological polar surface area (TPSA) is 48.1 Å². The first-order chi connectivity index (χ1) is 8.51. The lowest BCUT2D eigenvalue weighted by molar-refractivity contribution is -0.0566. The highest BCUT2D eigenvalue weighted by atomic mass is 16.5. The summed E-state index contributed by atoms with van der Waals surface area (Å²) in [5.41, 5.74) is 8.31. The third-order valence-corrected chi connectivity index (χ3v) is 4.49. The van der Waals surface area contributed by atoms with Gasteiger partial charge in [0.05, 0.1) is 5.69 Å². The normalized spacial score (nSPS) is 30.9. The lowest BCUT2D eigenvalue weighted by atomic mass is 9.62. The van der Waals surface area contributed by atoms with Gasteiger partial charge in [-0.2, -0.15) is 0 Å². The maximum absolute atomic E-state index is 6.16. The molecule has 0 saturated heterocycles. The van der Waals surface area contributed by atoms with E-state index in [1.165, 1.54) is 0 Å². The molecule has 3 atom stereocenters. The number of ether oxygens (including phenoxy) is 1. The molecule has 1 saturated carbocycles. The Morgan fingerprint density at radius 1 is 1.44 bits per heavy atom. The first-order valence-electron chi connectivity index (χ1n) is 6.90. The van der Waals surface area contributed by atoms with E-state index < -0.39 is 0 Å². The van der Waals surface area contributed by atoms with E-state index in [0.29, 0.717) is 0 Å². The van der Waals surface area contributed by atoms with Crippen LogP contribution in [0.2, 0.25) is 0 Å². The summed E-state index contributed by atoms with van der Waals surface area (Å²) < 4.78 is 6.16. The molecular weight excluding hydrogens is 224 g/mol. The number of rotatable bonds is 4. The van der Waals surface area contributed by atoms with Gasteiger partial charge in [-0.15, -0.1) is 0 Å². The van der Waals surface area contributed by atoms with Gasteiger partial charge in [0.15, 0.2) is 0 Å². The minimum Gasteiger partial charge on any atom is -0.488 e. The van der Waals surface area contributed by atoms with Crippen LogP contribution in [0, 0.1) is 12.3 Å². The fourth-order valence-corrected chi connectivity index (χ4v) is 2.63. The molecule has 18 heavy (non-hydrogen) atoms. The van der Waals surface area contributed by atoms with Crippen LogP contribution in [0.15, 0.2) is 12.1 Å². The first-order valence-corrected chi connectivity index (χ1v) is 6.90. The number of pyridine rings is 1. The Morgan fingerprint density at radius 3 is 2.72 bits per heavy atom. The number of aryl methyl sites for hydroxylation is 2. The van der Waals surface area contributed by atoms with Gasteiger partial charge < -0.3 is 10.5 Å². The van der Waals surface area contributed by atoms with Crippen molar-refractivity contribution in [3.8, 4) is 5.75 Å². The van der Waals surface area contributed by atoms with E-state index in [-0.39, 0.29) is 17.6 Å². The van der Waals surface area contributed by atoms with Crippen molar-refractivity contribution in [2.24, 2.45) is 11.1 Å². The van der Waals surface area contributed by atoms with Crippen LogP contribution in [0.25, 0.3) is 0 Å². The minimum absolute atomic E-state index is 0.107. The smallest absolute Gasteiger partial charge is 0.141 e. The Kier molecular flexibility index (Phi) is 3.62. The van der Waals surface area contributed by atoms with Crippen LogP contribution in [0.4, 0.5) is 0 Å². The van der Waals surface area contributed by atoms with Gasteiger partial charge in [-0.05, 0) is 31.9 Å². The third-order valence-electron chi connectivity index (χ3n) is 4.49. The number of nitrogens with zero attached hydrogens (tertiary/aromatic N) is 1. The molecule has 1 aliphatic carbocycles. The van der Waals surface area contributed by atoms with Crippen molar-refractivity contribution in [1.29, 1.82) is 0 Å². The van der Waals surface area contributed by atoms with Crippen LogP contribution in [0.3, 0.4) is 0 Å². The zero-order valence-corrected chi connectivity index (χ0v) is 11.9. The van der Waals surface area contributed by atoms with Crippen LogP contribution in [0.1, 0.15) is 45.0 Å². The molecule has 0 aliphatic heterocycles. The van der Waals surface area contributed by atoms with Gasteiger partial charge in [-0.1, -0.05) is 20.8 Å². The molecule has 3 nitrogen and oxygen atoms in total. The molecule has 1 aromatic heterocycles. The summed E-state index contributed by atoms with van der Waals surface area (Å²) in [6.45, 7) is 8.53. The molecule has 1 aliphatic rings. The quantitative estimate of drug-likeness (QED) is 0.891. The minimum atomic E-state index is 0.107. The van der Waals surface area contributed by atoms with Crippen molar-refractivity contribution in [3.63, 3.8) is 0 Å². The van der Waals surface area contributed by atoms with E-state index in [9.17, 15) is 0 Å². The molecule has 1 aromatic rings. The summed E-state index contributed by atoms with van der Waals surface area (Å²) in [5.74, 6) is 0.930. The van der Waals surface area contributed by atoms with Crippen LogP contribution < -0.4 is 10.5 Å². The zero-order valence-electron chi connectivity index (χ0n) is 11.9. The van der Waals surface area contributed by atoms with Crippen molar-refractivity contribution in [2.45, 2.75) is 59.1 Å². The zero-order chi connectivity index (χ0) is 13.3. The molecule has 2 rings (SSSR count). The highest BCUT2D eigenvalue weighted by Gasteiger charge is 2.50. The highest BCUT2D eigenvalue weighted by molar-refractivity contribution is 5.30. The molecule has 0 amide bonds. The van der Waals surface area contributed by atoms with Crippen molar-refractivity contribution < 1.29 is 4.74 Å². The van der Waals surface area contributed by atoms with Gasteiger partial charge >= 0.3 is 0 Å². The van der Waals surface area contributed by atoms with Crippen LogP contribution in [-0.2, 0) is 6.42 Å². The highest BCUT2D eigenvalue weighted by Crippen LogP contribution is 2.45. The third kappa shape index (κ3) is 2.12. The van der Waals surface area contributed by atoms with Crippen LogP contribution in [-0.4, -0.2) is 17.1 Å². The van der Waals surface area contributed by atoms with Crippen LogP contribution >= 0.6 is 0 Å². The van der Waals surface area contributed by atoms with Crippen molar-refractivity contribution >= 4 is 0 Å². The largest absolute Gasteiger partial charge is 0.488 e. The predicted octanol–water partition coefficient (Wildman–Crippen LogP) is 2.85. The van der Waals surface area contributed by atoms with E-state index >= 15 is 0 Å². The average Bonchev–Trinajstić information content (AvgIpc) is 2.38. The summed E-state index contributed by atoms with van der Waals surface area (Å²) in [5, 5.41) is 0. The lowest BCUT2D eigenvalue weighted by Crippen LogP contribution is -2.61. The second-order valence-corrected chi connectivity index (χ2v) is 5.56. The second kappa shape index (κ2) is 4.88. The van der Waals surface area contributed by atoms with Gasteiger partial charge in [0, 0.05) is 23.6 Å². The number of hydrogen-bond donors (Lipinski definition) is 1. The molecule has 0 radical (unpaired) electrons. The molecule has 100 valence electrons. The fourth-order valence-electron chi connectivity index (χ4n) is 2.63. The average molecular weight is 248 g/mol. The SMILES string of the molecule is CCc1nc(C)ccc1OC1CC(N)C1(C)CC. The maximum Gasteiger partial charge on any atom is 0.141 e. The van der Waals surface area contributed by atoms with Gasteiger partial charge in [0.1, 0.15) is 11.9 Å². The number of aromatic nitrogens is 1. The van der Waals surface area contributed by atoms with Crippen molar-refractivity contribution in [3.05, 3.63) is 23.5 Å². The fraction of sp³-hybridized carbons (Fsp3) is 0.667. The summed E-state index contributed by atoms with van der Waals surface area (Å²) in [6.07, 6.45) is 3.13. The standard InChI is InChI=1S/C15H24N2O/c1-5-11-12(8-7-10(3)17-11)18-14-9-13(16)15(14,4)6-2/h7-8,13-14H,5-6,9,16H2,1-4H3. The number of hydrogen-bond acceptors (Lipinski definition) is 3. The molecule has 3 unspecified atom stereocenters. The van der Waals surface area contributed by atoms with Gasteiger partial charge in [-0.3, -0.25) is 4.98 Å². The van der Waals surface area contributed by atoms with Crippen LogP contribution in [0.5, 0.6) is 5.75 Å². The molecule has 0 aromatic carbocycles. The van der Waals surface area contributed by atoms with E-state index in [4.69, 9.17) is 10.5 Å². The summed E-state index contributed by atoms with van der Waals surface area (Å²) in [4.78, 5) is 4.54. The molecule has 0 bridgehead atoms. The number of nitrogens with two attached hydrogens (primary N) is 1. The Bertz CT molecular complexity index is 433. The molecular formula is C15H24N2O. The van der Waals surface area contributed by atoms with Gasteiger partial charge in [0.2, 0.25) is 0 Å². The lowest BCUT2D eigenvalue weighted by Gasteiger charge is -2.51. The second-order valence-electron chi connectivity index (χ2n) is 5.56. The molecule has 1 fully saturated rings. The molecule has 3 heteroatoms. The van der Waals surface area contributed by atoms with Crippen molar-refractivity contribution in [2.75, 3.05) is 0 Å². The van der Waals surface area contributed by atoms with Crippen molar-refractivity contribution in [1.82, 2.24) is 4.98 Å². The summed E-state index contributed by atoms with van der Waals surface area (Å²) in [6, 6.07) is 4.31. The predicted molar refractivity (Wildman–Crippen MR) is 73.8 cm³/mol. The van der Waals surface area contributed by atoms with E-state index in [2.05, 4.69) is 25.8 Å². The van der Waals surface area contributed by atoms with E-state index in [1.807, 2.05) is 19.1 Å². The Hall–Kier alpha value is -1.09. The molecule has 2 N–H and O–H groups in total. The molecule has 1 heterocycles. The monoisotopic (exact) mass is 248 g/mol. The Morgan fingerprint density at radius 2 is 2.17 bits per heavy atom. The van der Waals surface area contributed by atoms with E-state index in [0.717, 1.165) is 36.4 Å². The Balaban J connectivity index is 2.15. The Labute approximate surface area is 110 Å². The van der Waals surface area contributed by atoms with Gasteiger partial charge in [0.25, 0.3) is 0 Å².